The first kappa shape index (κ1) is 18.0. The van der Waals surface area contributed by atoms with Gasteiger partial charge in [0.2, 0.25) is 0 Å². The van der Waals surface area contributed by atoms with Crippen LogP contribution in [0.4, 0.5) is 0 Å². The fraction of sp³-hybridized carbons (Fsp3) is 1.00. The molecule has 2 unspecified atom stereocenters. The molecular weight excluding hydrogens is 244 g/mol. The van der Waals surface area contributed by atoms with E-state index >= 15 is 0 Å². The van der Waals surface area contributed by atoms with Crippen molar-refractivity contribution in [3.8, 4) is 0 Å². The second kappa shape index (κ2) is 6.79. The Morgan fingerprint density at radius 3 is 0.950 bits per heavy atom. The Labute approximate surface area is 127 Å². The summed E-state index contributed by atoms with van der Waals surface area (Å²) in [7, 11) is 0. The number of nitrogens with zero attached hydrogens (tertiary/aromatic N) is 2. The van der Waals surface area contributed by atoms with Gasteiger partial charge >= 0.3 is 0 Å². The summed E-state index contributed by atoms with van der Waals surface area (Å²) in [5.74, 6) is 2.08. The molecule has 0 bridgehead atoms. The van der Waals surface area contributed by atoms with Crippen molar-refractivity contribution in [1.82, 2.24) is 9.80 Å². The predicted molar refractivity (Wildman–Crippen MR) is 89.8 cm³/mol. The van der Waals surface area contributed by atoms with Gasteiger partial charge in [0.25, 0.3) is 0 Å². The molecule has 1 fully saturated rings. The molecule has 0 amide bonds. The standard InChI is InChI=1S/C18H38N2/c1-11(2)16-17(12(3)4)20(15(9)10)18(13(5)6)19(16)14(7)8/h11-18H,1-10H3. The molecule has 0 saturated carbocycles. The van der Waals surface area contributed by atoms with Crippen LogP contribution in [0.2, 0.25) is 0 Å². The van der Waals surface area contributed by atoms with Crippen molar-refractivity contribution in [2.45, 2.75) is 99.6 Å². The number of hydrogen-bond acceptors (Lipinski definition) is 2. The minimum Gasteiger partial charge on any atom is -0.280 e. The van der Waals surface area contributed by atoms with E-state index in [0.717, 1.165) is 0 Å². The lowest BCUT2D eigenvalue weighted by atomic mass is 9.88. The van der Waals surface area contributed by atoms with E-state index in [1.807, 2.05) is 0 Å². The second-order valence-electron chi connectivity index (χ2n) is 8.21. The van der Waals surface area contributed by atoms with Crippen LogP contribution in [0, 0.1) is 17.8 Å². The maximum atomic E-state index is 2.81. The van der Waals surface area contributed by atoms with Gasteiger partial charge in [0.1, 0.15) is 0 Å². The first-order valence-electron chi connectivity index (χ1n) is 8.66. The van der Waals surface area contributed by atoms with Crippen molar-refractivity contribution >= 4 is 0 Å². The van der Waals surface area contributed by atoms with Gasteiger partial charge in [-0.25, -0.2) is 0 Å². The van der Waals surface area contributed by atoms with Gasteiger partial charge in [-0.2, -0.15) is 0 Å². The molecule has 1 aliphatic rings. The molecule has 0 aromatic heterocycles. The van der Waals surface area contributed by atoms with E-state index in [1.54, 1.807) is 0 Å². The van der Waals surface area contributed by atoms with Crippen molar-refractivity contribution in [3.05, 3.63) is 0 Å². The molecule has 1 rings (SSSR count). The highest BCUT2D eigenvalue weighted by Gasteiger charge is 2.51. The molecule has 0 aromatic rings. The lowest BCUT2D eigenvalue weighted by Crippen LogP contribution is -2.50. The van der Waals surface area contributed by atoms with Crippen molar-refractivity contribution in [3.63, 3.8) is 0 Å². The molecule has 1 saturated heterocycles. The second-order valence-corrected chi connectivity index (χ2v) is 8.21. The van der Waals surface area contributed by atoms with Gasteiger partial charge in [0, 0.05) is 24.2 Å². The highest BCUT2D eigenvalue weighted by Crippen LogP contribution is 2.40. The van der Waals surface area contributed by atoms with Crippen LogP contribution in [0.15, 0.2) is 0 Å². The normalized spacial score (nSPS) is 29.9. The van der Waals surface area contributed by atoms with Crippen LogP contribution in [0.1, 0.15) is 69.2 Å². The first-order chi connectivity index (χ1) is 9.11. The minimum absolute atomic E-state index is 0.579. The van der Waals surface area contributed by atoms with Crippen LogP contribution < -0.4 is 0 Å². The molecule has 2 atom stereocenters. The average molecular weight is 283 g/mol. The Morgan fingerprint density at radius 1 is 0.500 bits per heavy atom. The third kappa shape index (κ3) is 3.22. The first-order valence-corrected chi connectivity index (χ1v) is 8.66. The molecule has 1 heterocycles. The van der Waals surface area contributed by atoms with Gasteiger partial charge in [0.05, 0.1) is 6.17 Å². The highest BCUT2D eigenvalue weighted by molar-refractivity contribution is 5.03. The van der Waals surface area contributed by atoms with Gasteiger partial charge in [-0.15, -0.1) is 0 Å². The zero-order chi connectivity index (χ0) is 15.8. The van der Waals surface area contributed by atoms with E-state index in [-0.39, 0.29) is 0 Å². The maximum Gasteiger partial charge on any atom is 0.0656 e. The van der Waals surface area contributed by atoms with Crippen LogP contribution in [-0.4, -0.2) is 40.1 Å². The Hall–Kier alpha value is -0.0800. The summed E-state index contributed by atoms with van der Waals surface area (Å²) in [5, 5.41) is 0. The summed E-state index contributed by atoms with van der Waals surface area (Å²) in [6.07, 6.45) is 0.579. The zero-order valence-electron chi connectivity index (χ0n) is 15.5. The molecule has 120 valence electrons. The summed E-state index contributed by atoms with van der Waals surface area (Å²) >= 11 is 0. The summed E-state index contributed by atoms with van der Waals surface area (Å²) in [5.41, 5.74) is 0. The van der Waals surface area contributed by atoms with Crippen LogP contribution in [0.25, 0.3) is 0 Å². The monoisotopic (exact) mass is 282 g/mol. The topological polar surface area (TPSA) is 6.48 Å². The summed E-state index contributed by atoms with van der Waals surface area (Å²) in [6, 6.07) is 2.56. The molecule has 1 aliphatic heterocycles. The molecule has 0 N–H and O–H groups in total. The molecule has 0 spiro atoms. The molecular formula is C18H38N2. The van der Waals surface area contributed by atoms with E-state index < -0.39 is 0 Å². The number of hydrogen-bond donors (Lipinski definition) is 0. The van der Waals surface area contributed by atoms with Crippen LogP contribution in [0.5, 0.6) is 0 Å². The predicted octanol–water partition coefficient (Wildman–Crippen LogP) is 4.45. The van der Waals surface area contributed by atoms with Gasteiger partial charge < -0.3 is 0 Å². The molecule has 2 heteroatoms. The molecule has 2 nitrogen and oxygen atoms in total. The molecule has 20 heavy (non-hydrogen) atoms. The van der Waals surface area contributed by atoms with E-state index in [4.69, 9.17) is 0 Å². The average Bonchev–Trinajstić information content (AvgIpc) is 2.64. The van der Waals surface area contributed by atoms with Crippen LogP contribution in [-0.2, 0) is 0 Å². The van der Waals surface area contributed by atoms with Gasteiger partial charge in [-0.1, -0.05) is 41.5 Å². The fourth-order valence-electron chi connectivity index (χ4n) is 4.32. The molecule has 0 radical (unpaired) electrons. The Balaban J connectivity index is 3.32. The SMILES string of the molecule is CC(C)C1C(C(C)C)N(C(C)C)C(C(C)C)N1C(C)C. The Kier molecular flexibility index (Phi) is 6.10. The lowest BCUT2D eigenvalue weighted by Gasteiger charge is -2.39. The van der Waals surface area contributed by atoms with Crippen LogP contribution in [0.3, 0.4) is 0 Å². The van der Waals surface area contributed by atoms with Crippen LogP contribution >= 0.6 is 0 Å². The van der Waals surface area contributed by atoms with E-state index in [2.05, 4.69) is 79.0 Å². The molecule has 0 aliphatic carbocycles. The van der Waals surface area contributed by atoms with Crippen molar-refractivity contribution in [1.29, 1.82) is 0 Å². The van der Waals surface area contributed by atoms with Gasteiger partial charge in [-0.3, -0.25) is 9.80 Å². The fourth-order valence-corrected chi connectivity index (χ4v) is 4.32. The third-order valence-electron chi connectivity index (χ3n) is 4.80. The van der Waals surface area contributed by atoms with E-state index in [0.29, 0.717) is 48.1 Å². The summed E-state index contributed by atoms with van der Waals surface area (Å²) in [4.78, 5) is 5.61. The lowest BCUT2D eigenvalue weighted by molar-refractivity contribution is 0.0272. The van der Waals surface area contributed by atoms with Gasteiger partial charge in [-0.05, 0) is 45.4 Å². The number of rotatable bonds is 5. The minimum atomic E-state index is 0.579. The quantitative estimate of drug-likeness (QED) is 0.735. The Bertz CT molecular complexity index is 214. The molecule has 0 aromatic carbocycles. The van der Waals surface area contributed by atoms with Gasteiger partial charge in [0.15, 0.2) is 0 Å². The largest absolute Gasteiger partial charge is 0.280 e. The third-order valence-corrected chi connectivity index (χ3v) is 4.80. The van der Waals surface area contributed by atoms with Crippen molar-refractivity contribution in [2.24, 2.45) is 17.8 Å². The zero-order valence-corrected chi connectivity index (χ0v) is 15.5. The van der Waals surface area contributed by atoms with Crippen molar-refractivity contribution < 1.29 is 0 Å². The Morgan fingerprint density at radius 2 is 0.800 bits per heavy atom. The summed E-state index contributed by atoms with van der Waals surface area (Å²) < 4.78 is 0. The van der Waals surface area contributed by atoms with E-state index in [1.165, 1.54) is 0 Å². The van der Waals surface area contributed by atoms with E-state index in [9.17, 15) is 0 Å². The highest BCUT2D eigenvalue weighted by atomic mass is 15.5. The summed E-state index contributed by atoms with van der Waals surface area (Å²) in [6.45, 7) is 23.8. The van der Waals surface area contributed by atoms with Crippen molar-refractivity contribution in [2.75, 3.05) is 0 Å². The smallest absolute Gasteiger partial charge is 0.0656 e. The maximum absolute atomic E-state index is 2.81.